The lowest BCUT2D eigenvalue weighted by Crippen LogP contribution is -2.28. The fourth-order valence-corrected chi connectivity index (χ4v) is 7.32. The summed E-state index contributed by atoms with van der Waals surface area (Å²) in [6.07, 6.45) is 50.4. The summed E-state index contributed by atoms with van der Waals surface area (Å²) in [5.74, 6) is -0.568. The molecule has 0 aliphatic carbocycles. The predicted octanol–water partition coefficient (Wildman–Crippen LogP) is 15.1. The van der Waals surface area contributed by atoms with Crippen molar-refractivity contribution >= 4 is 11.9 Å². The third-order valence-corrected chi connectivity index (χ3v) is 10.9. The molecule has 0 amide bonds. The highest BCUT2D eigenvalue weighted by Gasteiger charge is 2.16. The van der Waals surface area contributed by atoms with Crippen molar-refractivity contribution in [3.63, 3.8) is 0 Å². The molecule has 0 bridgehead atoms. The van der Waals surface area contributed by atoms with Crippen LogP contribution in [0.5, 0.6) is 0 Å². The average molecular weight is 737 g/mol. The molecule has 0 unspecified atom stereocenters. The van der Waals surface area contributed by atoms with Gasteiger partial charge in [0.2, 0.25) is 0 Å². The minimum atomic E-state index is -0.762. The van der Waals surface area contributed by atoms with Crippen LogP contribution in [-0.4, -0.2) is 36.4 Å². The molecule has 0 aliphatic rings. The maximum absolute atomic E-state index is 12.2. The zero-order valence-corrected chi connectivity index (χ0v) is 35.4. The van der Waals surface area contributed by atoms with Crippen molar-refractivity contribution in [2.75, 3.05) is 13.2 Å². The molecule has 1 atom stereocenters. The fraction of sp³-hybridized carbons (Fsp3) is 0.957. The number of hydrogen-bond acceptors (Lipinski definition) is 5. The van der Waals surface area contributed by atoms with E-state index < -0.39 is 6.10 Å². The molecule has 1 N–H and O–H groups in total. The predicted molar refractivity (Wildman–Crippen MR) is 224 cm³/mol. The lowest BCUT2D eigenvalue weighted by atomic mass is 10.0. The summed E-state index contributed by atoms with van der Waals surface area (Å²) < 4.78 is 10.7. The van der Waals surface area contributed by atoms with Crippen molar-refractivity contribution in [1.82, 2.24) is 0 Å². The summed E-state index contributed by atoms with van der Waals surface area (Å²) >= 11 is 0. The summed E-state index contributed by atoms with van der Waals surface area (Å²) in [6.45, 7) is 4.19. The first-order valence-corrected chi connectivity index (χ1v) is 23.6. The molecule has 0 aromatic carbocycles. The van der Waals surface area contributed by atoms with Gasteiger partial charge in [-0.3, -0.25) is 9.59 Å². The van der Waals surface area contributed by atoms with E-state index in [0.29, 0.717) is 12.8 Å². The zero-order chi connectivity index (χ0) is 37.8. The molecule has 0 spiro atoms. The van der Waals surface area contributed by atoms with Crippen LogP contribution in [0, 0.1) is 0 Å². The molecule has 0 aliphatic heterocycles. The number of esters is 2. The van der Waals surface area contributed by atoms with Gasteiger partial charge in [0.1, 0.15) is 6.61 Å². The van der Waals surface area contributed by atoms with Crippen LogP contribution in [0.3, 0.4) is 0 Å². The van der Waals surface area contributed by atoms with E-state index in [1.807, 2.05) is 0 Å². The van der Waals surface area contributed by atoms with E-state index in [-0.39, 0.29) is 25.2 Å². The third-order valence-electron chi connectivity index (χ3n) is 10.9. The normalized spacial score (nSPS) is 12.0. The molecule has 310 valence electrons. The van der Waals surface area contributed by atoms with Gasteiger partial charge in [0.15, 0.2) is 6.10 Å². The number of carbonyl (C=O) groups excluding carboxylic acids is 2. The molecule has 0 radical (unpaired) electrons. The maximum atomic E-state index is 12.2. The Morgan fingerprint density at radius 1 is 0.365 bits per heavy atom. The van der Waals surface area contributed by atoms with E-state index in [1.54, 1.807) is 0 Å². The van der Waals surface area contributed by atoms with Crippen LogP contribution in [0.1, 0.15) is 271 Å². The highest BCUT2D eigenvalue weighted by atomic mass is 16.6. The lowest BCUT2D eigenvalue weighted by Gasteiger charge is -2.15. The second kappa shape index (κ2) is 44.3. The van der Waals surface area contributed by atoms with Crippen LogP contribution >= 0.6 is 0 Å². The van der Waals surface area contributed by atoms with Crippen molar-refractivity contribution in [2.24, 2.45) is 0 Å². The van der Waals surface area contributed by atoms with Crippen LogP contribution in [-0.2, 0) is 19.1 Å². The highest BCUT2D eigenvalue weighted by Crippen LogP contribution is 2.17. The van der Waals surface area contributed by atoms with E-state index in [9.17, 15) is 14.7 Å². The molecule has 5 heteroatoms. The van der Waals surface area contributed by atoms with E-state index in [0.717, 1.165) is 32.1 Å². The Labute approximate surface area is 325 Å². The van der Waals surface area contributed by atoms with Crippen LogP contribution in [0.4, 0.5) is 0 Å². The van der Waals surface area contributed by atoms with Crippen LogP contribution in [0.2, 0.25) is 0 Å². The van der Waals surface area contributed by atoms with Gasteiger partial charge in [-0.25, -0.2) is 0 Å². The SMILES string of the molecule is CCCCCCCCCCCCCCCCCCCCCCC(=O)O[C@@H](CO)COC(=O)CCCCCCCCCCCCCCCCCCCC. The molecule has 0 heterocycles. The number of rotatable bonds is 44. The van der Waals surface area contributed by atoms with Crippen molar-refractivity contribution in [3.05, 3.63) is 0 Å². The Bertz CT molecular complexity index is 710. The Morgan fingerprint density at radius 2 is 0.596 bits per heavy atom. The van der Waals surface area contributed by atoms with Gasteiger partial charge < -0.3 is 14.6 Å². The van der Waals surface area contributed by atoms with Gasteiger partial charge in [-0.15, -0.1) is 0 Å². The van der Waals surface area contributed by atoms with Gasteiger partial charge in [0.25, 0.3) is 0 Å². The van der Waals surface area contributed by atoms with Crippen molar-refractivity contribution < 1.29 is 24.2 Å². The Morgan fingerprint density at radius 3 is 0.846 bits per heavy atom. The fourth-order valence-electron chi connectivity index (χ4n) is 7.32. The van der Waals surface area contributed by atoms with E-state index in [4.69, 9.17) is 9.47 Å². The smallest absolute Gasteiger partial charge is 0.306 e. The van der Waals surface area contributed by atoms with Crippen LogP contribution in [0.15, 0.2) is 0 Å². The summed E-state index contributed by atoms with van der Waals surface area (Å²) in [6, 6.07) is 0. The third kappa shape index (κ3) is 41.7. The van der Waals surface area contributed by atoms with E-state index in [1.165, 1.54) is 212 Å². The zero-order valence-electron chi connectivity index (χ0n) is 35.4. The van der Waals surface area contributed by atoms with Gasteiger partial charge in [-0.1, -0.05) is 245 Å². The van der Waals surface area contributed by atoms with Gasteiger partial charge in [0, 0.05) is 12.8 Å². The summed E-state index contributed by atoms with van der Waals surface area (Å²) in [5, 5.41) is 9.60. The van der Waals surface area contributed by atoms with Gasteiger partial charge in [-0.2, -0.15) is 0 Å². The summed E-state index contributed by atoms with van der Waals surface area (Å²) in [7, 11) is 0. The first-order chi connectivity index (χ1) is 25.6. The van der Waals surface area contributed by atoms with E-state index in [2.05, 4.69) is 13.8 Å². The Kier molecular flexibility index (Phi) is 43.4. The standard InChI is InChI=1S/C47H92O5/c1-3-5-7-9-11-13-15-17-19-21-23-24-26-28-30-32-34-36-38-40-42-47(50)52-45(43-48)44-51-46(49)41-39-37-35-33-31-29-27-25-22-20-18-16-14-12-10-8-6-4-2/h45,48H,3-44H2,1-2H3/t45-/m0/s1. The minimum absolute atomic E-state index is 0.0562. The molecule has 0 aromatic heterocycles. The molecule has 0 rings (SSSR count). The van der Waals surface area contributed by atoms with Crippen molar-refractivity contribution in [3.8, 4) is 0 Å². The number of hydrogen-bond donors (Lipinski definition) is 1. The van der Waals surface area contributed by atoms with Gasteiger partial charge in [0.05, 0.1) is 6.61 Å². The number of aliphatic hydroxyl groups is 1. The van der Waals surface area contributed by atoms with Gasteiger partial charge >= 0.3 is 11.9 Å². The largest absolute Gasteiger partial charge is 0.462 e. The second-order valence-electron chi connectivity index (χ2n) is 16.2. The second-order valence-corrected chi connectivity index (χ2v) is 16.2. The van der Waals surface area contributed by atoms with Crippen LogP contribution < -0.4 is 0 Å². The quantitative estimate of drug-likeness (QED) is 0.0498. The molecule has 0 aromatic rings. The molecule has 52 heavy (non-hydrogen) atoms. The Hall–Kier alpha value is -1.10. The maximum Gasteiger partial charge on any atom is 0.306 e. The molecule has 5 nitrogen and oxygen atoms in total. The lowest BCUT2D eigenvalue weighted by molar-refractivity contribution is -0.161. The number of carbonyl (C=O) groups is 2. The summed E-state index contributed by atoms with van der Waals surface area (Å²) in [5.41, 5.74) is 0. The Balaban J connectivity index is 3.44. The molecule has 0 fully saturated rings. The first kappa shape index (κ1) is 50.9. The number of unbranched alkanes of at least 4 members (excludes halogenated alkanes) is 36. The monoisotopic (exact) mass is 737 g/mol. The van der Waals surface area contributed by atoms with Crippen molar-refractivity contribution in [2.45, 2.75) is 277 Å². The molecule has 0 saturated heterocycles. The van der Waals surface area contributed by atoms with Gasteiger partial charge in [-0.05, 0) is 12.8 Å². The average Bonchev–Trinajstić information content (AvgIpc) is 3.15. The number of ether oxygens (including phenoxy) is 2. The first-order valence-electron chi connectivity index (χ1n) is 23.6. The highest BCUT2D eigenvalue weighted by molar-refractivity contribution is 5.70. The summed E-state index contributed by atoms with van der Waals surface area (Å²) in [4.78, 5) is 24.4. The minimum Gasteiger partial charge on any atom is -0.462 e. The van der Waals surface area contributed by atoms with E-state index >= 15 is 0 Å². The van der Waals surface area contributed by atoms with Crippen molar-refractivity contribution in [1.29, 1.82) is 0 Å². The number of aliphatic hydroxyl groups excluding tert-OH is 1. The molecule has 0 saturated carbocycles. The topological polar surface area (TPSA) is 72.8 Å². The molecular formula is C47H92O5. The van der Waals surface area contributed by atoms with Crippen LogP contribution in [0.25, 0.3) is 0 Å². The molecular weight excluding hydrogens is 645 g/mol.